The predicted octanol–water partition coefficient (Wildman–Crippen LogP) is 0.0682. The third-order valence-corrected chi connectivity index (χ3v) is 5.58. The highest BCUT2D eigenvalue weighted by molar-refractivity contribution is 7.91. The quantitative estimate of drug-likeness (QED) is 0.765. The summed E-state index contributed by atoms with van der Waals surface area (Å²) in [5, 5.41) is 11.7. The van der Waals surface area contributed by atoms with Gasteiger partial charge in [0.15, 0.2) is 9.84 Å². The molecular weight excluding hydrogens is 284 g/mol. The number of nitrogens with zero attached hydrogens (tertiary/aromatic N) is 1. The normalized spacial score (nSPS) is 26.9. The number of carboxylic acids is 1. The Balaban J connectivity index is 2.02. The first-order chi connectivity index (χ1) is 9.28. The number of nitrogens with one attached hydrogen (secondary N) is 1. The van der Waals surface area contributed by atoms with Crippen LogP contribution < -0.4 is 5.32 Å². The lowest BCUT2D eigenvalue weighted by Gasteiger charge is -2.35. The Morgan fingerprint density at radius 2 is 2.05 bits per heavy atom. The highest BCUT2D eigenvalue weighted by Gasteiger charge is 2.37. The molecule has 2 N–H and O–H groups in total. The second kappa shape index (κ2) is 5.59. The molecule has 7 nitrogen and oxygen atoms in total. The Labute approximate surface area is 118 Å². The summed E-state index contributed by atoms with van der Waals surface area (Å²) in [4.78, 5) is 24.4. The van der Waals surface area contributed by atoms with Gasteiger partial charge in [-0.1, -0.05) is 0 Å². The van der Waals surface area contributed by atoms with Crippen molar-refractivity contribution in [3.63, 3.8) is 0 Å². The first kappa shape index (κ1) is 15.1. The molecule has 0 aromatic rings. The molecule has 2 unspecified atom stereocenters. The molecule has 2 amide bonds. The third-order valence-electron chi connectivity index (χ3n) is 3.88. The van der Waals surface area contributed by atoms with Crippen LogP contribution in [0.1, 0.15) is 26.2 Å². The van der Waals surface area contributed by atoms with E-state index in [4.69, 9.17) is 5.11 Å². The second-order valence-corrected chi connectivity index (χ2v) is 7.86. The summed E-state index contributed by atoms with van der Waals surface area (Å²) in [6.45, 7) is 1.98. The maximum Gasteiger partial charge on any atom is 0.317 e. The fraction of sp³-hybridized carbons (Fsp3) is 0.833. The molecule has 1 saturated carbocycles. The summed E-state index contributed by atoms with van der Waals surface area (Å²) < 4.78 is 23.2. The van der Waals surface area contributed by atoms with Gasteiger partial charge in [-0.25, -0.2) is 13.2 Å². The van der Waals surface area contributed by atoms with Crippen LogP contribution in [-0.2, 0) is 14.6 Å². The lowest BCUT2D eigenvalue weighted by atomic mass is 10.2. The molecular formula is C12H20N2O5S. The van der Waals surface area contributed by atoms with E-state index in [0.29, 0.717) is 5.92 Å². The van der Waals surface area contributed by atoms with Crippen molar-refractivity contribution in [2.24, 2.45) is 5.92 Å². The van der Waals surface area contributed by atoms with E-state index in [-0.39, 0.29) is 36.5 Å². The van der Waals surface area contributed by atoms with Crippen molar-refractivity contribution >= 4 is 21.8 Å². The average molecular weight is 304 g/mol. The maximum atomic E-state index is 12.2. The van der Waals surface area contributed by atoms with Gasteiger partial charge in [0.05, 0.1) is 24.0 Å². The SMILES string of the molecule is CC(NC(=O)N1CCS(=O)(=O)CC1CC(=O)O)C1CC1. The van der Waals surface area contributed by atoms with E-state index < -0.39 is 21.8 Å². The Hall–Kier alpha value is -1.31. The lowest BCUT2D eigenvalue weighted by molar-refractivity contribution is -0.138. The fourth-order valence-electron chi connectivity index (χ4n) is 2.52. The van der Waals surface area contributed by atoms with E-state index in [1.54, 1.807) is 0 Å². The monoisotopic (exact) mass is 304 g/mol. The predicted molar refractivity (Wildman–Crippen MR) is 72.1 cm³/mol. The molecule has 1 heterocycles. The summed E-state index contributed by atoms with van der Waals surface area (Å²) in [6, 6.07) is -1.09. The number of urea groups is 1. The number of sulfone groups is 1. The maximum absolute atomic E-state index is 12.2. The van der Waals surface area contributed by atoms with Crippen molar-refractivity contribution in [2.75, 3.05) is 18.1 Å². The van der Waals surface area contributed by atoms with Crippen molar-refractivity contribution < 1.29 is 23.1 Å². The van der Waals surface area contributed by atoms with Gasteiger partial charge in [-0.05, 0) is 25.7 Å². The number of amides is 2. The van der Waals surface area contributed by atoms with Crippen LogP contribution in [0, 0.1) is 5.92 Å². The highest BCUT2D eigenvalue weighted by Crippen LogP contribution is 2.32. The van der Waals surface area contributed by atoms with E-state index in [0.717, 1.165) is 12.8 Å². The van der Waals surface area contributed by atoms with Crippen LogP contribution in [0.25, 0.3) is 0 Å². The summed E-state index contributed by atoms with van der Waals surface area (Å²) in [5.74, 6) is -0.982. The topological polar surface area (TPSA) is 104 Å². The van der Waals surface area contributed by atoms with Crippen molar-refractivity contribution in [1.29, 1.82) is 0 Å². The second-order valence-electron chi connectivity index (χ2n) is 5.64. The molecule has 2 fully saturated rings. The average Bonchev–Trinajstić information content (AvgIpc) is 3.09. The van der Waals surface area contributed by atoms with Gasteiger partial charge >= 0.3 is 12.0 Å². The van der Waals surface area contributed by atoms with Gasteiger partial charge in [-0.2, -0.15) is 0 Å². The van der Waals surface area contributed by atoms with Gasteiger partial charge in [0.2, 0.25) is 0 Å². The number of hydrogen-bond donors (Lipinski definition) is 2. The number of carboxylic acid groups (broad SMARTS) is 1. The van der Waals surface area contributed by atoms with Crippen molar-refractivity contribution in [2.45, 2.75) is 38.3 Å². The molecule has 1 aliphatic heterocycles. The summed E-state index contributed by atoms with van der Waals surface area (Å²) in [6.07, 6.45) is 1.84. The molecule has 0 aromatic heterocycles. The zero-order valence-corrected chi connectivity index (χ0v) is 12.2. The minimum Gasteiger partial charge on any atom is -0.481 e. The lowest BCUT2D eigenvalue weighted by Crippen LogP contribution is -2.56. The number of carbonyl (C=O) groups excluding carboxylic acids is 1. The zero-order valence-electron chi connectivity index (χ0n) is 11.4. The molecule has 0 spiro atoms. The van der Waals surface area contributed by atoms with Crippen LogP contribution in [0.4, 0.5) is 4.79 Å². The van der Waals surface area contributed by atoms with Gasteiger partial charge in [-0.3, -0.25) is 4.79 Å². The Morgan fingerprint density at radius 3 is 2.60 bits per heavy atom. The molecule has 0 radical (unpaired) electrons. The van der Waals surface area contributed by atoms with Crippen LogP contribution in [0.15, 0.2) is 0 Å². The molecule has 1 aliphatic carbocycles. The van der Waals surface area contributed by atoms with E-state index in [1.165, 1.54) is 4.90 Å². The Kier molecular flexibility index (Phi) is 4.22. The Bertz CT molecular complexity index is 500. The summed E-state index contributed by atoms with van der Waals surface area (Å²) >= 11 is 0. The first-order valence-electron chi connectivity index (χ1n) is 6.78. The minimum absolute atomic E-state index is 0.0477. The Morgan fingerprint density at radius 1 is 1.40 bits per heavy atom. The van der Waals surface area contributed by atoms with Crippen molar-refractivity contribution in [3.05, 3.63) is 0 Å². The van der Waals surface area contributed by atoms with E-state index >= 15 is 0 Å². The standard InChI is InChI=1S/C12H20N2O5S/c1-8(9-2-3-9)13-12(17)14-4-5-20(18,19)7-10(14)6-11(15)16/h8-10H,2-7H2,1H3,(H,13,17)(H,15,16). The van der Waals surface area contributed by atoms with Crippen LogP contribution in [-0.4, -0.2) is 60.6 Å². The number of hydrogen-bond acceptors (Lipinski definition) is 4. The zero-order chi connectivity index (χ0) is 14.9. The molecule has 2 atom stereocenters. The molecule has 114 valence electrons. The smallest absolute Gasteiger partial charge is 0.317 e. The molecule has 2 rings (SSSR count). The molecule has 1 saturated heterocycles. The largest absolute Gasteiger partial charge is 0.481 e. The fourth-order valence-corrected chi connectivity index (χ4v) is 4.04. The summed E-state index contributed by atoms with van der Waals surface area (Å²) in [7, 11) is -3.26. The number of carbonyl (C=O) groups is 2. The van der Waals surface area contributed by atoms with Crippen molar-refractivity contribution in [3.8, 4) is 0 Å². The molecule has 0 bridgehead atoms. The minimum atomic E-state index is -3.26. The van der Waals surface area contributed by atoms with Gasteiger partial charge in [0.25, 0.3) is 0 Å². The van der Waals surface area contributed by atoms with Crippen LogP contribution in [0.2, 0.25) is 0 Å². The van der Waals surface area contributed by atoms with Gasteiger partial charge < -0.3 is 15.3 Å². The van der Waals surface area contributed by atoms with E-state index in [1.807, 2.05) is 6.92 Å². The molecule has 20 heavy (non-hydrogen) atoms. The van der Waals surface area contributed by atoms with E-state index in [2.05, 4.69) is 5.32 Å². The van der Waals surface area contributed by atoms with Crippen LogP contribution in [0.5, 0.6) is 0 Å². The van der Waals surface area contributed by atoms with Gasteiger partial charge in [0, 0.05) is 12.6 Å². The van der Waals surface area contributed by atoms with Gasteiger partial charge in [-0.15, -0.1) is 0 Å². The van der Waals surface area contributed by atoms with Crippen molar-refractivity contribution in [1.82, 2.24) is 10.2 Å². The van der Waals surface area contributed by atoms with Crippen LogP contribution >= 0.6 is 0 Å². The summed E-state index contributed by atoms with van der Waals surface area (Å²) in [5.41, 5.74) is 0. The van der Waals surface area contributed by atoms with E-state index in [9.17, 15) is 18.0 Å². The first-order valence-corrected chi connectivity index (χ1v) is 8.60. The third kappa shape index (κ3) is 3.84. The molecule has 8 heteroatoms. The van der Waals surface area contributed by atoms with Crippen LogP contribution in [0.3, 0.4) is 0 Å². The highest BCUT2D eigenvalue weighted by atomic mass is 32.2. The number of rotatable bonds is 4. The number of aliphatic carboxylic acids is 1. The molecule has 0 aromatic carbocycles. The molecule has 2 aliphatic rings. The van der Waals surface area contributed by atoms with Gasteiger partial charge in [0.1, 0.15) is 0 Å².